The van der Waals surface area contributed by atoms with E-state index in [1.54, 1.807) is 12.0 Å². The van der Waals surface area contributed by atoms with Crippen molar-refractivity contribution in [2.24, 2.45) is 5.73 Å². The predicted molar refractivity (Wildman–Crippen MR) is 77.2 cm³/mol. The zero-order valence-corrected chi connectivity index (χ0v) is 12.1. The summed E-state index contributed by atoms with van der Waals surface area (Å²) >= 11 is 0. The third-order valence-corrected chi connectivity index (χ3v) is 3.43. The number of nitrogens with two attached hydrogens (primary N) is 1. The van der Waals surface area contributed by atoms with Crippen LogP contribution in [0, 0.1) is 0 Å². The fourth-order valence-corrected chi connectivity index (χ4v) is 1.90. The first-order chi connectivity index (χ1) is 9.08. The smallest absolute Gasteiger partial charge is 0.222 e. The van der Waals surface area contributed by atoms with Gasteiger partial charge in [-0.3, -0.25) is 4.79 Å². The van der Waals surface area contributed by atoms with Crippen LogP contribution in [0.2, 0.25) is 0 Å². The zero-order chi connectivity index (χ0) is 14.3. The second kappa shape index (κ2) is 7.79. The van der Waals surface area contributed by atoms with Crippen molar-refractivity contribution in [1.82, 2.24) is 4.90 Å². The van der Waals surface area contributed by atoms with Crippen molar-refractivity contribution in [1.29, 1.82) is 0 Å². The molecule has 0 radical (unpaired) electrons. The molecule has 1 amide bonds. The van der Waals surface area contributed by atoms with E-state index in [1.807, 2.05) is 38.2 Å². The Labute approximate surface area is 115 Å². The van der Waals surface area contributed by atoms with E-state index in [1.165, 1.54) is 0 Å². The van der Waals surface area contributed by atoms with Gasteiger partial charge in [0.25, 0.3) is 0 Å². The van der Waals surface area contributed by atoms with E-state index in [0.717, 1.165) is 24.2 Å². The van der Waals surface area contributed by atoms with Crippen LogP contribution in [-0.4, -0.2) is 37.6 Å². The molecule has 4 heteroatoms. The molecule has 0 spiro atoms. The highest BCUT2D eigenvalue weighted by Gasteiger charge is 2.14. The Morgan fingerprint density at radius 2 is 2.00 bits per heavy atom. The van der Waals surface area contributed by atoms with Crippen molar-refractivity contribution in [3.05, 3.63) is 29.8 Å². The Morgan fingerprint density at radius 3 is 2.53 bits per heavy atom. The minimum absolute atomic E-state index is 0.164. The van der Waals surface area contributed by atoms with Gasteiger partial charge in [0.1, 0.15) is 5.75 Å². The number of methoxy groups -OCH3 is 1. The highest BCUT2D eigenvalue weighted by molar-refractivity contribution is 5.76. The molecule has 0 aromatic heterocycles. The van der Waals surface area contributed by atoms with Crippen LogP contribution in [-0.2, 0) is 11.2 Å². The maximum atomic E-state index is 12.0. The van der Waals surface area contributed by atoms with Crippen LogP contribution in [0.4, 0.5) is 0 Å². The molecule has 1 aromatic carbocycles. The summed E-state index contributed by atoms with van der Waals surface area (Å²) in [5, 5.41) is 0. The summed E-state index contributed by atoms with van der Waals surface area (Å²) in [6, 6.07) is 8.03. The molecule has 4 nitrogen and oxygen atoms in total. The molecule has 1 atom stereocenters. The van der Waals surface area contributed by atoms with Gasteiger partial charge in [0.2, 0.25) is 5.91 Å². The summed E-state index contributed by atoms with van der Waals surface area (Å²) in [6.45, 7) is 2.63. The molecule has 0 aliphatic carbocycles. The predicted octanol–water partition coefficient (Wildman–Crippen LogP) is 1.82. The van der Waals surface area contributed by atoms with E-state index in [9.17, 15) is 4.79 Å². The third kappa shape index (κ3) is 4.91. The number of rotatable bonds is 7. The van der Waals surface area contributed by atoms with Crippen LogP contribution < -0.4 is 10.5 Å². The number of amides is 1. The van der Waals surface area contributed by atoms with Crippen LogP contribution in [0.3, 0.4) is 0 Å². The minimum atomic E-state index is 0.164. The molecule has 0 aliphatic rings. The van der Waals surface area contributed by atoms with Crippen LogP contribution in [0.1, 0.15) is 25.3 Å². The first-order valence-corrected chi connectivity index (χ1v) is 6.67. The molecular formula is C15H24N2O2. The summed E-state index contributed by atoms with van der Waals surface area (Å²) in [4.78, 5) is 13.8. The fraction of sp³-hybridized carbons (Fsp3) is 0.533. The number of ether oxygens (including phenoxy) is 1. The minimum Gasteiger partial charge on any atom is -0.497 e. The second-order valence-electron chi connectivity index (χ2n) is 4.78. The molecule has 0 fully saturated rings. The first kappa shape index (κ1) is 15.5. The Morgan fingerprint density at radius 1 is 1.37 bits per heavy atom. The molecule has 19 heavy (non-hydrogen) atoms. The number of carbonyl (C=O) groups is 1. The van der Waals surface area contributed by atoms with E-state index in [0.29, 0.717) is 13.0 Å². The molecule has 1 rings (SSSR count). The van der Waals surface area contributed by atoms with Gasteiger partial charge >= 0.3 is 0 Å². The van der Waals surface area contributed by atoms with Crippen LogP contribution in [0.5, 0.6) is 5.75 Å². The van der Waals surface area contributed by atoms with Crippen LogP contribution in [0.25, 0.3) is 0 Å². The molecule has 2 N–H and O–H groups in total. The van der Waals surface area contributed by atoms with Gasteiger partial charge in [-0.1, -0.05) is 12.1 Å². The highest BCUT2D eigenvalue weighted by atomic mass is 16.5. The molecule has 0 saturated heterocycles. The second-order valence-corrected chi connectivity index (χ2v) is 4.78. The maximum absolute atomic E-state index is 12.0. The molecule has 0 bridgehead atoms. The number of nitrogens with zero attached hydrogens (tertiary/aromatic N) is 1. The standard InChI is InChI=1S/C15H24N2O2/c1-12(10-11-16)17(2)15(18)9-6-13-4-7-14(19-3)8-5-13/h4-5,7-8,12H,6,9-11,16H2,1-3H3. The lowest BCUT2D eigenvalue weighted by molar-refractivity contribution is -0.131. The Kier molecular flexibility index (Phi) is 6.36. The summed E-state index contributed by atoms with van der Waals surface area (Å²) in [6.07, 6.45) is 2.12. The molecular weight excluding hydrogens is 240 g/mol. The Bertz CT molecular complexity index is 390. The van der Waals surface area contributed by atoms with Gasteiger partial charge in [0, 0.05) is 19.5 Å². The fourth-order valence-electron chi connectivity index (χ4n) is 1.90. The average molecular weight is 264 g/mol. The number of hydrogen-bond donors (Lipinski definition) is 1. The van der Waals surface area contributed by atoms with E-state index in [2.05, 4.69) is 0 Å². The number of aryl methyl sites for hydroxylation is 1. The molecule has 0 saturated carbocycles. The van der Waals surface area contributed by atoms with Gasteiger partial charge in [-0.25, -0.2) is 0 Å². The van der Waals surface area contributed by atoms with Crippen molar-refractivity contribution in [3.8, 4) is 5.75 Å². The van der Waals surface area contributed by atoms with Gasteiger partial charge in [-0.2, -0.15) is 0 Å². The third-order valence-electron chi connectivity index (χ3n) is 3.43. The van der Waals surface area contributed by atoms with Crippen LogP contribution in [0.15, 0.2) is 24.3 Å². The lowest BCUT2D eigenvalue weighted by Gasteiger charge is -2.24. The van der Waals surface area contributed by atoms with E-state index < -0.39 is 0 Å². The van der Waals surface area contributed by atoms with Gasteiger partial charge in [0.05, 0.1) is 7.11 Å². The number of hydrogen-bond acceptors (Lipinski definition) is 3. The van der Waals surface area contributed by atoms with Crippen molar-refractivity contribution >= 4 is 5.91 Å². The molecule has 0 aliphatic heterocycles. The van der Waals surface area contributed by atoms with E-state index in [-0.39, 0.29) is 11.9 Å². The summed E-state index contributed by atoms with van der Waals surface area (Å²) in [5.74, 6) is 1.00. The summed E-state index contributed by atoms with van der Waals surface area (Å²) in [5.41, 5.74) is 6.66. The Balaban J connectivity index is 2.44. The topological polar surface area (TPSA) is 55.6 Å². The number of benzene rings is 1. The van der Waals surface area contributed by atoms with Crippen molar-refractivity contribution in [2.75, 3.05) is 20.7 Å². The van der Waals surface area contributed by atoms with Gasteiger partial charge < -0.3 is 15.4 Å². The lowest BCUT2D eigenvalue weighted by Crippen LogP contribution is -2.36. The van der Waals surface area contributed by atoms with E-state index in [4.69, 9.17) is 10.5 Å². The molecule has 0 heterocycles. The van der Waals surface area contributed by atoms with E-state index >= 15 is 0 Å². The molecule has 106 valence electrons. The average Bonchev–Trinajstić information content (AvgIpc) is 2.44. The summed E-state index contributed by atoms with van der Waals surface area (Å²) in [7, 11) is 3.49. The van der Waals surface area contributed by atoms with Crippen molar-refractivity contribution in [2.45, 2.75) is 32.2 Å². The number of carbonyl (C=O) groups excluding carboxylic acids is 1. The van der Waals surface area contributed by atoms with Crippen LogP contribution >= 0.6 is 0 Å². The SMILES string of the molecule is COc1ccc(CCC(=O)N(C)C(C)CCN)cc1. The molecule has 1 aromatic rings. The largest absolute Gasteiger partial charge is 0.497 e. The Hall–Kier alpha value is -1.55. The highest BCUT2D eigenvalue weighted by Crippen LogP contribution is 2.13. The van der Waals surface area contributed by atoms with Crippen molar-refractivity contribution < 1.29 is 9.53 Å². The van der Waals surface area contributed by atoms with Gasteiger partial charge in [-0.15, -0.1) is 0 Å². The summed E-state index contributed by atoms with van der Waals surface area (Å²) < 4.78 is 5.10. The molecule has 1 unspecified atom stereocenters. The van der Waals surface area contributed by atoms with Gasteiger partial charge in [-0.05, 0) is 44.0 Å². The quantitative estimate of drug-likeness (QED) is 0.817. The maximum Gasteiger partial charge on any atom is 0.222 e. The van der Waals surface area contributed by atoms with Crippen molar-refractivity contribution in [3.63, 3.8) is 0 Å². The lowest BCUT2D eigenvalue weighted by atomic mass is 10.1. The first-order valence-electron chi connectivity index (χ1n) is 6.67. The normalized spacial score (nSPS) is 12.0. The van der Waals surface area contributed by atoms with Gasteiger partial charge in [0.15, 0.2) is 0 Å². The zero-order valence-electron chi connectivity index (χ0n) is 12.1. The monoisotopic (exact) mass is 264 g/mol.